The molecule has 1 amide bonds. The molecule has 1 aromatic heterocycles. The van der Waals surface area contributed by atoms with Crippen molar-refractivity contribution in [3.05, 3.63) is 22.7 Å². The molecule has 80 valence electrons. The minimum absolute atomic E-state index is 0.00713. The summed E-state index contributed by atoms with van der Waals surface area (Å²) in [6, 6.07) is 1.61. The molecule has 6 nitrogen and oxygen atoms in total. The first-order chi connectivity index (χ1) is 7.20. The van der Waals surface area contributed by atoms with E-state index in [-0.39, 0.29) is 11.8 Å². The van der Waals surface area contributed by atoms with E-state index in [1.54, 1.807) is 11.0 Å². The topological polar surface area (TPSA) is 92.1 Å². The first kappa shape index (κ1) is 9.85. The first-order valence-electron chi connectivity index (χ1n) is 4.76. The van der Waals surface area contributed by atoms with Crippen LogP contribution in [-0.4, -0.2) is 29.0 Å². The van der Waals surface area contributed by atoms with Crippen molar-refractivity contribution in [3.8, 4) is 0 Å². The second kappa shape index (κ2) is 3.82. The van der Waals surface area contributed by atoms with E-state index in [9.17, 15) is 9.59 Å². The number of hydrogen-bond acceptors (Lipinski definition) is 4. The molecule has 0 spiro atoms. The maximum Gasteiger partial charge on any atom is 0.346 e. The monoisotopic (exact) mass is 208 g/mol. The summed E-state index contributed by atoms with van der Waals surface area (Å²) < 4.78 is 0. The van der Waals surface area contributed by atoms with Gasteiger partial charge in [-0.1, -0.05) is 0 Å². The molecule has 1 fully saturated rings. The van der Waals surface area contributed by atoms with Gasteiger partial charge in [-0.3, -0.25) is 14.7 Å². The molecule has 3 N–H and O–H groups in total. The first-order valence-corrected chi connectivity index (χ1v) is 4.76. The van der Waals surface area contributed by atoms with Crippen LogP contribution in [0.15, 0.2) is 17.1 Å². The summed E-state index contributed by atoms with van der Waals surface area (Å²) in [5, 5.41) is 0. The van der Waals surface area contributed by atoms with Gasteiger partial charge in [0.05, 0.1) is 0 Å². The van der Waals surface area contributed by atoms with Crippen molar-refractivity contribution >= 4 is 11.7 Å². The molecule has 2 heterocycles. The predicted molar refractivity (Wildman–Crippen MR) is 54.4 cm³/mol. The van der Waals surface area contributed by atoms with E-state index in [1.165, 1.54) is 6.20 Å². The number of nitrogens with zero attached hydrogens (tertiary/aromatic N) is 2. The Bertz CT molecular complexity index is 428. The second-order valence-corrected chi connectivity index (χ2v) is 3.57. The van der Waals surface area contributed by atoms with Gasteiger partial charge in [-0.2, -0.15) is 0 Å². The lowest BCUT2D eigenvalue weighted by molar-refractivity contribution is -0.117. The van der Waals surface area contributed by atoms with Gasteiger partial charge < -0.3 is 5.73 Å². The lowest BCUT2D eigenvalue weighted by Gasteiger charge is -2.14. The van der Waals surface area contributed by atoms with E-state index >= 15 is 0 Å². The average molecular weight is 208 g/mol. The highest BCUT2D eigenvalue weighted by atomic mass is 16.2. The number of amides is 1. The van der Waals surface area contributed by atoms with Crippen LogP contribution in [-0.2, 0) is 4.79 Å². The van der Waals surface area contributed by atoms with Crippen LogP contribution in [0.25, 0.3) is 0 Å². The summed E-state index contributed by atoms with van der Waals surface area (Å²) in [6.07, 6.45) is 1.83. The van der Waals surface area contributed by atoms with Gasteiger partial charge in [-0.15, -0.1) is 0 Å². The van der Waals surface area contributed by atoms with Gasteiger partial charge in [0.1, 0.15) is 5.82 Å². The molecule has 1 aliphatic rings. The zero-order valence-corrected chi connectivity index (χ0v) is 8.14. The van der Waals surface area contributed by atoms with Gasteiger partial charge in [-0.05, 0) is 18.5 Å². The second-order valence-electron chi connectivity index (χ2n) is 3.57. The molecule has 1 unspecified atom stereocenters. The van der Waals surface area contributed by atoms with Crippen LogP contribution in [0.4, 0.5) is 5.82 Å². The zero-order valence-electron chi connectivity index (χ0n) is 8.14. The van der Waals surface area contributed by atoms with Gasteiger partial charge in [-0.25, -0.2) is 9.78 Å². The number of nitrogens with two attached hydrogens (primary N) is 1. The summed E-state index contributed by atoms with van der Waals surface area (Å²) in [4.78, 5) is 30.1. The number of aromatic amines is 1. The number of hydrogen-bond donors (Lipinski definition) is 2. The lowest BCUT2D eigenvalue weighted by atomic mass is 10.1. The molecule has 1 aliphatic heterocycles. The van der Waals surface area contributed by atoms with Crippen LogP contribution in [0, 0.1) is 5.92 Å². The summed E-state index contributed by atoms with van der Waals surface area (Å²) >= 11 is 0. The Hall–Kier alpha value is -1.69. The zero-order chi connectivity index (χ0) is 10.8. The van der Waals surface area contributed by atoms with Crippen LogP contribution in [0.1, 0.15) is 6.42 Å². The van der Waals surface area contributed by atoms with Crippen molar-refractivity contribution in [1.82, 2.24) is 9.97 Å². The molecule has 1 aromatic rings. The third-order valence-electron chi connectivity index (χ3n) is 2.49. The molecule has 2 rings (SSSR count). The van der Waals surface area contributed by atoms with Crippen LogP contribution in [0.5, 0.6) is 0 Å². The number of H-pyrrole nitrogens is 1. The number of anilines is 1. The van der Waals surface area contributed by atoms with Gasteiger partial charge >= 0.3 is 5.69 Å². The van der Waals surface area contributed by atoms with Crippen LogP contribution in [0.2, 0.25) is 0 Å². The summed E-state index contributed by atoms with van der Waals surface area (Å²) in [7, 11) is 0. The Kier molecular flexibility index (Phi) is 2.51. The van der Waals surface area contributed by atoms with Crippen LogP contribution >= 0.6 is 0 Å². The smallest absolute Gasteiger partial charge is 0.330 e. The molecule has 0 saturated carbocycles. The maximum absolute atomic E-state index is 11.6. The normalized spacial score (nSPS) is 21.0. The Morgan fingerprint density at radius 3 is 3.00 bits per heavy atom. The van der Waals surface area contributed by atoms with Crippen molar-refractivity contribution in [2.45, 2.75) is 6.42 Å². The van der Waals surface area contributed by atoms with Gasteiger partial charge in [0.2, 0.25) is 5.91 Å². The summed E-state index contributed by atoms with van der Waals surface area (Å²) in [5.41, 5.74) is 5.06. The fourth-order valence-electron chi connectivity index (χ4n) is 1.69. The number of carbonyl (C=O) groups is 1. The highest BCUT2D eigenvalue weighted by molar-refractivity contribution is 5.94. The van der Waals surface area contributed by atoms with E-state index in [2.05, 4.69) is 9.97 Å². The molecule has 15 heavy (non-hydrogen) atoms. The molecule has 0 bridgehead atoms. The van der Waals surface area contributed by atoms with Crippen molar-refractivity contribution in [2.24, 2.45) is 11.7 Å². The number of nitrogens with one attached hydrogen (secondary N) is 1. The van der Waals surface area contributed by atoms with Gasteiger partial charge in [0.25, 0.3) is 0 Å². The molecule has 0 radical (unpaired) electrons. The predicted octanol–water partition coefficient (Wildman–Crippen LogP) is -0.919. The Labute approximate surface area is 86.1 Å². The molecule has 0 aliphatic carbocycles. The fourth-order valence-corrected chi connectivity index (χ4v) is 1.69. The molecular weight excluding hydrogens is 196 g/mol. The molecule has 1 saturated heterocycles. The van der Waals surface area contributed by atoms with Crippen molar-refractivity contribution in [2.75, 3.05) is 18.0 Å². The fraction of sp³-hybridized carbons (Fsp3) is 0.444. The maximum atomic E-state index is 11.6. The highest BCUT2D eigenvalue weighted by Gasteiger charge is 2.29. The SMILES string of the molecule is NCC1CC(=O)N(c2ccnc(=O)[nH]2)C1. The minimum atomic E-state index is -0.448. The number of carbonyl (C=O) groups excluding carboxylic acids is 1. The molecule has 6 heteroatoms. The molecule has 0 aromatic carbocycles. The largest absolute Gasteiger partial charge is 0.346 e. The van der Waals surface area contributed by atoms with E-state index in [0.717, 1.165) is 0 Å². The standard InChI is InChI=1S/C9H12N4O2/c10-4-6-3-8(14)13(5-6)7-1-2-11-9(15)12-7/h1-2,6H,3-5,10H2,(H,11,12,15). The van der Waals surface area contributed by atoms with Crippen molar-refractivity contribution in [1.29, 1.82) is 0 Å². The van der Waals surface area contributed by atoms with E-state index in [4.69, 9.17) is 5.73 Å². The summed E-state index contributed by atoms with van der Waals surface area (Å²) in [5.74, 6) is 0.664. The third-order valence-corrected chi connectivity index (χ3v) is 2.49. The Morgan fingerprint density at radius 1 is 1.60 bits per heavy atom. The highest BCUT2D eigenvalue weighted by Crippen LogP contribution is 2.21. The lowest BCUT2D eigenvalue weighted by Crippen LogP contribution is -2.28. The average Bonchev–Trinajstić information content (AvgIpc) is 2.60. The van der Waals surface area contributed by atoms with Crippen molar-refractivity contribution in [3.63, 3.8) is 0 Å². The minimum Gasteiger partial charge on any atom is -0.330 e. The van der Waals surface area contributed by atoms with Crippen molar-refractivity contribution < 1.29 is 4.79 Å². The van der Waals surface area contributed by atoms with Gasteiger partial charge in [0.15, 0.2) is 0 Å². The third kappa shape index (κ3) is 1.89. The Morgan fingerprint density at radius 2 is 2.40 bits per heavy atom. The Balaban J connectivity index is 2.25. The summed E-state index contributed by atoms with van der Waals surface area (Å²) in [6.45, 7) is 1.05. The van der Waals surface area contributed by atoms with E-state index in [0.29, 0.717) is 25.3 Å². The number of rotatable bonds is 2. The van der Waals surface area contributed by atoms with Gasteiger partial charge in [0, 0.05) is 19.2 Å². The van der Waals surface area contributed by atoms with E-state index < -0.39 is 5.69 Å². The number of aromatic nitrogens is 2. The van der Waals surface area contributed by atoms with Crippen LogP contribution in [0.3, 0.4) is 0 Å². The quantitative estimate of drug-likeness (QED) is 0.657. The van der Waals surface area contributed by atoms with Crippen LogP contribution < -0.4 is 16.3 Å². The molecular formula is C9H12N4O2. The van der Waals surface area contributed by atoms with E-state index in [1.807, 2.05) is 0 Å². The molecule has 1 atom stereocenters.